The molecule has 0 saturated carbocycles. The number of aromatic nitrogens is 4. The van der Waals surface area contributed by atoms with E-state index in [1.165, 1.54) is 11.8 Å². The first kappa shape index (κ1) is 16.8. The first-order valence-electron chi connectivity index (χ1n) is 6.52. The molecule has 0 atom stereocenters. The summed E-state index contributed by atoms with van der Waals surface area (Å²) in [5, 5.41) is 2.68. The average Bonchev–Trinajstić information content (AvgIpc) is 2.44. The van der Waals surface area contributed by atoms with E-state index in [0.29, 0.717) is 0 Å². The van der Waals surface area contributed by atoms with Gasteiger partial charge < -0.3 is 10.2 Å². The summed E-state index contributed by atoms with van der Waals surface area (Å²) in [4.78, 5) is 16.5. The van der Waals surface area contributed by atoms with E-state index in [1.807, 2.05) is 0 Å². The quantitative estimate of drug-likeness (QED) is 0.869. The second-order valence-corrected chi connectivity index (χ2v) is 4.92. The van der Waals surface area contributed by atoms with Crippen LogP contribution in [0.3, 0.4) is 0 Å². The van der Waals surface area contributed by atoms with Gasteiger partial charge in [0, 0.05) is 19.8 Å². The standard InChI is InChI=1S/C13H14F4N6/c1-7-4-9(13(15,16)17)21-10(20-7)6-19-12-18-5-8(14)11(22-12)23(2)3/h4-5H,6H2,1-3H3,(H,18,19,22). The summed E-state index contributed by atoms with van der Waals surface area (Å²) in [6.07, 6.45) is -3.57. The van der Waals surface area contributed by atoms with Crippen molar-refractivity contribution in [1.82, 2.24) is 19.9 Å². The van der Waals surface area contributed by atoms with E-state index < -0.39 is 17.7 Å². The molecule has 10 heteroatoms. The van der Waals surface area contributed by atoms with Crippen LogP contribution in [0.15, 0.2) is 12.3 Å². The maximum absolute atomic E-state index is 13.5. The molecule has 0 amide bonds. The van der Waals surface area contributed by atoms with Gasteiger partial charge in [0.1, 0.15) is 11.5 Å². The molecular formula is C13H14F4N6. The summed E-state index contributed by atoms with van der Waals surface area (Å²) in [6, 6.07) is 0.863. The lowest BCUT2D eigenvalue weighted by atomic mass is 10.3. The van der Waals surface area contributed by atoms with Gasteiger partial charge in [-0.2, -0.15) is 18.2 Å². The van der Waals surface area contributed by atoms with Crippen LogP contribution in [0, 0.1) is 12.7 Å². The van der Waals surface area contributed by atoms with Crippen LogP contribution in [0.25, 0.3) is 0 Å². The second-order valence-electron chi connectivity index (χ2n) is 4.92. The first-order chi connectivity index (χ1) is 10.7. The number of aryl methyl sites for hydroxylation is 1. The maximum Gasteiger partial charge on any atom is 0.433 e. The number of halogens is 4. The van der Waals surface area contributed by atoms with Gasteiger partial charge in [0.25, 0.3) is 0 Å². The molecule has 2 aromatic heterocycles. The van der Waals surface area contributed by atoms with E-state index in [9.17, 15) is 17.6 Å². The smallest absolute Gasteiger partial charge is 0.360 e. The molecule has 6 nitrogen and oxygen atoms in total. The van der Waals surface area contributed by atoms with Crippen molar-refractivity contribution in [2.24, 2.45) is 0 Å². The summed E-state index contributed by atoms with van der Waals surface area (Å²) >= 11 is 0. The molecule has 2 aromatic rings. The number of alkyl halides is 3. The van der Waals surface area contributed by atoms with Crippen LogP contribution in [0.4, 0.5) is 29.3 Å². The van der Waals surface area contributed by atoms with E-state index in [0.717, 1.165) is 12.3 Å². The highest BCUT2D eigenvalue weighted by Crippen LogP contribution is 2.27. The number of anilines is 2. The Labute approximate surface area is 129 Å². The zero-order valence-corrected chi connectivity index (χ0v) is 12.6. The minimum atomic E-state index is -4.55. The Balaban J connectivity index is 2.18. The van der Waals surface area contributed by atoms with Gasteiger partial charge in [0.15, 0.2) is 11.6 Å². The molecule has 0 unspecified atom stereocenters. The summed E-state index contributed by atoms with van der Waals surface area (Å²) in [5.41, 5.74) is -0.825. The fraction of sp³-hybridized carbons (Fsp3) is 0.385. The van der Waals surface area contributed by atoms with Crippen molar-refractivity contribution in [3.8, 4) is 0 Å². The molecule has 0 fully saturated rings. The Hall–Kier alpha value is -2.52. The Bertz CT molecular complexity index is 701. The van der Waals surface area contributed by atoms with Crippen molar-refractivity contribution in [2.45, 2.75) is 19.6 Å². The van der Waals surface area contributed by atoms with Crippen molar-refractivity contribution < 1.29 is 17.6 Å². The van der Waals surface area contributed by atoms with Crippen molar-refractivity contribution in [3.05, 3.63) is 35.3 Å². The Morgan fingerprint density at radius 1 is 1.17 bits per heavy atom. The van der Waals surface area contributed by atoms with E-state index in [1.54, 1.807) is 14.1 Å². The third-order valence-electron chi connectivity index (χ3n) is 2.74. The fourth-order valence-electron chi connectivity index (χ4n) is 1.77. The fourth-order valence-corrected chi connectivity index (χ4v) is 1.77. The van der Waals surface area contributed by atoms with Crippen LogP contribution >= 0.6 is 0 Å². The topological polar surface area (TPSA) is 66.8 Å². The Morgan fingerprint density at radius 3 is 2.48 bits per heavy atom. The van der Waals surface area contributed by atoms with Crippen LogP contribution in [0.5, 0.6) is 0 Å². The van der Waals surface area contributed by atoms with Crippen LogP contribution in [0.1, 0.15) is 17.2 Å². The highest BCUT2D eigenvalue weighted by molar-refractivity contribution is 5.42. The van der Waals surface area contributed by atoms with Crippen molar-refractivity contribution >= 4 is 11.8 Å². The lowest BCUT2D eigenvalue weighted by molar-refractivity contribution is -0.141. The van der Waals surface area contributed by atoms with Crippen LogP contribution in [0.2, 0.25) is 0 Å². The zero-order chi connectivity index (χ0) is 17.2. The molecule has 2 heterocycles. The highest BCUT2D eigenvalue weighted by atomic mass is 19.4. The normalized spacial score (nSPS) is 11.4. The average molecular weight is 330 g/mol. The van der Waals surface area contributed by atoms with Crippen LogP contribution < -0.4 is 10.2 Å². The molecule has 0 aromatic carbocycles. The third kappa shape index (κ3) is 4.24. The van der Waals surface area contributed by atoms with Gasteiger partial charge in [-0.05, 0) is 13.0 Å². The largest absolute Gasteiger partial charge is 0.433 e. The molecule has 0 aliphatic carbocycles. The van der Waals surface area contributed by atoms with Gasteiger partial charge in [-0.25, -0.2) is 19.3 Å². The predicted molar refractivity (Wildman–Crippen MR) is 75.4 cm³/mol. The van der Waals surface area contributed by atoms with E-state index >= 15 is 0 Å². The molecule has 0 bridgehead atoms. The van der Waals surface area contributed by atoms with Gasteiger partial charge >= 0.3 is 6.18 Å². The van der Waals surface area contributed by atoms with Gasteiger partial charge in [-0.3, -0.25) is 0 Å². The molecule has 0 aliphatic rings. The number of rotatable bonds is 4. The summed E-state index contributed by atoms with van der Waals surface area (Å²) in [6.45, 7) is 1.32. The number of hydrogen-bond acceptors (Lipinski definition) is 6. The molecular weight excluding hydrogens is 316 g/mol. The molecule has 0 saturated heterocycles. The van der Waals surface area contributed by atoms with E-state index in [2.05, 4.69) is 25.3 Å². The van der Waals surface area contributed by atoms with Crippen molar-refractivity contribution in [1.29, 1.82) is 0 Å². The minimum absolute atomic E-state index is 0.0587. The van der Waals surface area contributed by atoms with Gasteiger partial charge in [0.05, 0.1) is 12.7 Å². The van der Waals surface area contributed by atoms with Crippen LogP contribution in [-0.4, -0.2) is 34.0 Å². The minimum Gasteiger partial charge on any atom is -0.360 e. The predicted octanol–water partition coefficient (Wildman–Crippen LogP) is 2.41. The second kappa shape index (κ2) is 6.31. The van der Waals surface area contributed by atoms with Gasteiger partial charge in [-0.1, -0.05) is 0 Å². The number of hydrogen-bond donors (Lipinski definition) is 1. The van der Waals surface area contributed by atoms with E-state index in [-0.39, 0.29) is 29.8 Å². The third-order valence-corrected chi connectivity index (χ3v) is 2.74. The zero-order valence-electron chi connectivity index (χ0n) is 12.6. The molecule has 0 spiro atoms. The molecule has 2 rings (SSSR count). The molecule has 124 valence electrons. The van der Waals surface area contributed by atoms with E-state index in [4.69, 9.17) is 0 Å². The lowest BCUT2D eigenvalue weighted by Gasteiger charge is -2.13. The molecule has 0 radical (unpaired) electrons. The highest BCUT2D eigenvalue weighted by Gasteiger charge is 2.33. The Kier molecular flexibility index (Phi) is 4.62. The number of nitrogens with zero attached hydrogens (tertiary/aromatic N) is 5. The molecule has 0 aliphatic heterocycles. The monoisotopic (exact) mass is 330 g/mol. The lowest BCUT2D eigenvalue weighted by Crippen LogP contribution is -2.16. The number of nitrogens with one attached hydrogen (secondary N) is 1. The maximum atomic E-state index is 13.5. The summed E-state index contributed by atoms with van der Waals surface area (Å²) < 4.78 is 51.6. The van der Waals surface area contributed by atoms with Crippen molar-refractivity contribution in [3.63, 3.8) is 0 Å². The molecule has 23 heavy (non-hydrogen) atoms. The van der Waals surface area contributed by atoms with Crippen LogP contribution in [-0.2, 0) is 12.7 Å². The van der Waals surface area contributed by atoms with Crippen molar-refractivity contribution in [2.75, 3.05) is 24.3 Å². The molecule has 1 N–H and O–H groups in total. The first-order valence-corrected chi connectivity index (χ1v) is 6.52. The SMILES string of the molecule is Cc1cc(C(F)(F)F)nc(CNc2ncc(F)c(N(C)C)n2)n1. The summed E-state index contributed by atoms with van der Waals surface area (Å²) in [7, 11) is 3.21. The van der Waals surface area contributed by atoms with Gasteiger partial charge in [-0.15, -0.1) is 0 Å². The summed E-state index contributed by atoms with van der Waals surface area (Å²) in [5.74, 6) is -0.541. The Morgan fingerprint density at radius 2 is 1.87 bits per heavy atom. The van der Waals surface area contributed by atoms with Gasteiger partial charge in [0.2, 0.25) is 5.95 Å².